The monoisotopic (exact) mass is 518 g/mol. The second kappa shape index (κ2) is 17.8. The van der Waals surface area contributed by atoms with E-state index in [2.05, 4.69) is 33.6 Å². The molecule has 0 spiro atoms. The third-order valence-corrected chi connectivity index (χ3v) is 5.86. The lowest BCUT2D eigenvalue weighted by Gasteiger charge is -2.28. The van der Waals surface area contributed by atoms with E-state index in [9.17, 15) is 24.3 Å². The molecule has 5 atom stereocenters. The van der Waals surface area contributed by atoms with Gasteiger partial charge in [0.25, 0.3) is 0 Å². The highest BCUT2D eigenvalue weighted by Crippen LogP contribution is 2.11. The van der Waals surface area contributed by atoms with Crippen molar-refractivity contribution in [2.75, 3.05) is 18.8 Å². The van der Waals surface area contributed by atoms with Gasteiger partial charge in [-0.1, -0.05) is 20.3 Å². The Hall–Kier alpha value is -2.58. The summed E-state index contributed by atoms with van der Waals surface area (Å²) < 4.78 is 0. The minimum absolute atomic E-state index is 0.0762. The maximum Gasteiger partial charge on any atom is 0.326 e. The number of amides is 3. The van der Waals surface area contributed by atoms with Gasteiger partial charge in [-0.15, -0.1) is 0 Å². The van der Waals surface area contributed by atoms with Crippen LogP contribution >= 0.6 is 12.6 Å². The summed E-state index contributed by atoms with van der Waals surface area (Å²) in [7, 11) is 0. The fraction of sp³-hybridized carbons (Fsp3) is 0.762. The van der Waals surface area contributed by atoms with Crippen molar-refractivity contribution < 1.29 is 24.3 Å². The van der Waals surface area contributed by atoms with E-state index in [4.69, 9.17) is 22.9 Å². The molecule has 0 saturated heterocycles. The Morgan fingerprint density at radius 3 is 2.06 bits per heavy atom. The number of carbonyl (C=O) groups excluding carboxylic acids is 3. The van der Waals surface area contributed by atoms with Crippen molar-refractivity contribution in [2.45, 2.75) is 76.5 Å². The molecule has 35 heavy (non-hydrogen) atoms. The lowest BCUT2D eigenvalue weighted by molar-refractivity contribution is -0.143. The van der Waals surface area contributed by atoms with E-state index in [0.717, 1.165) is 0 Å². The zero-order chi connectivity index (χ0) is 27.0. The van der Waals surface area contributed by atoms with Gasteiger partial charge in [-0.3, -0.25) is 19.4 Å². The summed E-state index contributed by atoms with van der Waals surface area (Å²) in [6.45, 7) is 4.25. The van der Waals surface area contributed by atoms with Gasteiger partial charge in [-0.05, 0) is 44.6 Å². The highest BCUT2D eigenvalue weighted by atomic mass is 32.1. The number of thiol groups is 1. The fourth-order valence-corrected chi connectivity index (χ4v) is 3.27. The van der Waals surface area contributed by atoms with Gasteiger partial charge >= 0.3 is 5.97 Å². The summed E-state index contributed by atoms with van der Waals surface area (Å²) in [5, 5.41) is 17.2. The lowest BCUT2D eigenvalue weighted by Crippen LogP contribution is -2.58. The van der Waals surface area contributed by atoms with Gasteiger partial charge in [0, 0.05) is 12.3 Å². The first kappa shape index (κ1) is 32.4. The van der Waals surface area contributed by atoms with E-state index in [1.807, 2.05) is 6.92 Å². The smallest absolute Gasteiger partial charge is 0.326 e. The molecule has 0 aromatic heterocycles. The molecule has 0 radical (unpaired) electrons. The number of carboxylic acids is 1. The number of aliphatic imine (C=N–C) groups is 1. The zero-order valence-corrected chi connectivity index (χ0v) is 21.4. The number of nitrogens with zero attached hydrogens (tertiary/aromatic N) is 1. The van der Waals surface area contributed by atoms with Crippen LogP contribution in [0.1, 0.15) is 52.4 Å². The van der Waals surface area contributed by atoms with Crippen LogP contribution in [-0.2, 0) is 19.2 Å². The van der Waals surface area contributed by atoms with E-state index >= 15 is 0 Å². The van der Waals surface area contributed by atoms with Crippen molar-refractivity contribution >= 4 is 42.3 Å². The van der Waals surface area contributed by atoms with E-state index in [1.54, 1.807) is 6.92 Å². The maximum atomic E-state index is 13.1. The first-order valence-corrected chi connectivity index (χ1v) is 12.4. The van der Waals surface area contributed by atoms with Crippen LogP contribution in [0, 0.1) is 5.92 Å². The molecular weight excluding hydrogens is 476 g/mol. The molecule has 0 aromatic carbocycles. The Morgan fingerprint density at radius 2 is 1.54 bits per heavy atom. The molecule has 0 heterocycles. The van der Waals surface area contributed by atoms with Crippen LogP contribution in [0.4, 0.5) is 0 Å². The topological polar surface area (TPSA) is 241 Å². The maximum absolute atomic E-state index is 13.1. The Morgan fingerprint density at radius 1 is 0.943 bits per heavy atom. The molecule has 3 amide bonds. The van der Waals surface area contributed by atoms with Gasteiger partial charge in [0.1, 0.15) is 18.1 Å². The van der Waals surface area contributed by atoms with Crippen molar-refractivity contribution in [1.29, 1.82) is 0 Å². The molecule has 0 saturated carbocycles. The molecule has 0 fully saturated rings. The number of carbonyl (C=O) groups is 4. The molecule has 12 N–H and O–H groups in total. The van der Waals surface area contributed by atoms with E-state index < -0.39 is 47.9 Å². The molecule has 13 nitrogen and oxygen atoms in total. The number of unbranched alkanes of at least 4 members (excludes halogenated alkanes) is 1. The summed E-state index contributed by atoms with van der Waals surface area (Å²) in [5.41, 5.74) is 21.8. The third-order valence-electron chi connectivity index (χ3n) is 5.47. The number of hydrogen-bond donors (Lipinski definition) is 9. The van der Waals surface area contributed by atoms with Crippen LogP contribution in [0.5, 0.6) is 0 Å². The number of rotatable bonds is 18. The number of nitrogens with two attached hydrogens (primary N) is 4. The Labute approximate surface area is 212 Å². The molecule has 0 aromatic rings. The van der Waals surface area contributed by atoms with E-state index in [0.29, 0.717) is 32.2 Å². The lowest BCUT2D eigenvalue weighted by atomic mass is 9.96. The van der Waals surface area contributed by atoms with Crippen LogP contribution in [0.15, 0.2) is 4.99 Å². The van der Waals surface area contributed by atoms with Crippen LogP contribution < -0.4 is 38.9 Å². The van der Waals surface area contributed by atoms with Crippen LogP contribution in [0.3, 0.4) is 0 Å². The van der Waals surface area contributed by atoms with Crippen LogP contribution in [0.25, 0.3) is 0 Å². The van der Waals surface area contributed by atoms with Gasteiger partial charge in [0.2, 0.25) is 17.7 Å². The Bertz CT molecular complexity index is 720. The van der Waals surface area contributed by atoms with Gasteiger partial charge in [-0.25, -0.2) is 4.79 Å². The first-order valence-electron chi connectivity index (χ1n) is 11.7. The zero-order valence-electron chi connectivity index (χ0n) is 20.5. The molecule has 0 aliphatic carbocycles. The standard InChI is InChI=1S/C21H42N8O5S/c1-3-12(2)16(19(32)28-15(20(33)34)7-4-5-9-22)29-18(31)14(8-6-10-26-21(24)25)27-17(30)13(23)11-35/h12-16,35H,3-11,22-23H2,1-2H3,(H,27,30)(H,28,32)(H,29,31)(H,33,34)(H4,24,25,26). The molecular formula is C21H42N8O5S. The van der Waals surface area contributed by atoms with E-state index in [1.165, 1.54) is 0 Å². The minimum Gasteiger partial charge on any atom is -0.480 e. The highest BCUT2D eigenvalue weighted by Gasteiger charge is 2.32. The predicted molar refractivity (Wildman–Crippen MR) is 138 cm³/mol. The van der Waals surface area contributed by atoms with Crippen molar-refractivity contribution in [3.63, 3.8) is 0 Å². The van der Waals surface area contributed by atoms with E-state index in [-0.39, 0.29) is 37.0 Å². The molecule has 0 bridgehead atoms. The predicted octanol–water partition coefficient (Wildman–Crippen LogP) is -1.99. The van der Waals surface area contributed by atoms with Gasteiger partial charge in [0.05, 0.1) is 6.04 Å². The van der Waals surface area contributed by atoms with Crippen molar-refractivity contribution in [3.8, 4) is 0 Å². The SMILES string of the molecule is CCC(C)C(NC(=O)C(CCCN=C(N)N)NC(=O)C(N)CS)C(=O)NC(CCCCN)C(=O)O. The molecule has 202 valence electrons. The van der Waals surface area contributed by atoms with Crippen molar-refractivity contribution in [2.24, 2.45) is 33.8 Å². The Balaban J connectivity index is 5.53. The first-order chi connectivity index (χ1) is 16.5. The number of guanidine groups is 1. The summed E-state index contributed by atoms with van der Waals surface area (Å²) in [5.74, 6) is -3.30. The van der Waals surface area contributed by atoms with Gasteiger partial charge < -0.3 is 44.0 Å². The summed E-state index contributed by atoms with van der Waals surface area (Å²) in [4.78, 5) is 53.8. The molecule has 14 heteroatoms. The van der Waals surface area contributed by atoms with Gasteiger partial charge in [0.15, 0.2) is 5.96 Å². The molecule has 0 aliphatic rings. The highest BCUT2D eigenvalue weighted by molar-refractivity contribution is 7.80. The second-order valence-electron chi connectivity index (χ2n) is 8.35. The number of hydrogen-bond acceptors (Lipinski definition) is 8. The summed E-state index contributed by atoms with van der Waals surface area (Å²) in [6.07, 6.45) is 2.46. The average Bonchev–Trinajstić information content (AvgIpc) is 2.81. The number of carboxylic acid groups (broad SMARTS) is 1. The van der Waals surface area contributed by atoms with Gasteiger partial charge in [-0.2, -0.15) is 12.6 Å². The normalized spacial score (nSPS) is 15.1. The van der Waals surface area contributed by atoms with Crippen LogP contribution in [-0.4, -0.2) is 77.8 Å². The fourth-order valence-electron chi connectivity index (χ4n) is 3.10. The third kappa shape index (κ3) is 13.2. The summed E-state index contributed by atoms with van der Waals surface area (Å²) >= 11 is 4.00. The molecule has 0 rings (SSSR count). The quantitative estimate of drug-likeness (QED) is 0.0421. The molecule has 5 unspecified atom stereocenters. The average molecular weight is 519 g/mol. The number of nitrogens with one attached hydrogen (secondary N) is 3. The number of aliphatic carboxylic acids is 1. The minimum atomic E-state index is -1.17. The van der Waals surface area contributed by atoms with Crippen LogP contribution in [0.2, 0.25) is 0 Å². The van der Waals surface area contributed by atoms with Crippen molar-refractivity contribution in [1.82, 2.24) is 16.0 Å². The molecule has 0 aliphatic heterocycles. The largest absolute Gasteiger partial charge is 0.480 e. The summed E-state index contributed by atoms with van der Waals surface area (Å²) in [6, 6.07) is -4.06. The van der Waals surface area contributed by atoms with Crippen molar-refractivity contribution in [3.05, 3.63) is 0 Å². The Kier molecular flexibility index (Phi) is 16.5. The second-order valence-corrected chi connectivity index (χ2v) is 8.72.